The maximum atomic E-state index is 11.6. The van der Waals surface area contributed by atoms with Crippen LogP contribution in [0.5, 0.6) is 0 Å². The van der Waals surface area contributed by atoms with Gasteiger partial charge in [0.05, 0.1) is 0 Å². The average molecular weight is 262 g/mol. The van der Waals surface area contributed by atoms with Crippen LogP contribution in [0.3, 0.4) is 0 Å². The molecule has 0 spiro atoms. The largest absolute Gasteiger partial charge is 0.441 e. The van der Waals surface area contributed by atoms with E-state index in [1.54, 1.807) is 18.5 Å². The Balaban J connectivity index is 2.17. The highest BCUT2D eigenvalue weighted by Gasteiger charge is 2.16. The molecule has 2 heterocycles. The summed E-state index contributed by atoms with van der Waals surface area (Å²) in [5.74, 6) is 0.333. The van der Waals surface area contributed by atoms with Gasteiger partial charge in [0.15, 0.2) is 5.82 Å². The van der Waals surface area contributed by atoms with Gasteiger partial charge in [-0.3, -0.25) is 9.09 Å². The van der Waals surface area contributed by atoms with E-state index in [0.29, 0.717) is 18.2 Å². The number of nitrogens with zero attached hydrogens (tertiary/aromatic N) is 4. The smallest absolute Gasteiger partial charge is 0.295 e. The van der Waals surface area contributed by atoms with Crippen LogP contribution in [-0.4, -0.2) is 19.7 Å². The minimum Gasteiger partial charge on any atom is -0.295 e. The lowest BCUT2D eigenvalue weighted by molar-refractivity contribution is 0.342. The zero-order valence-electron chi connectivity index (χ0n) is 11.5. The van der Waals surface area contributed by atoms with E-state index in [4.69, 9.17) is 4.52 Å². The standard InChI is InChI=1S/C13H18N4O2/c1-13(2,3)6-4-9-17-11(16-19-12(17)18)10-14-7-5-8-15-10/h5,7-8H,4,6,9H2,1-3H3. The highest BCUT2D eigenvalue weighted by atomic mass is 16.5. The van der Waals surface area contributed by atoms with Crippen molar-refractivity contribution in [2.45, 2.75) is 40.2 Å². The molecule has 0 saturated carbocycles. The van der Waals surface area contributed by atoms with Gasteiger partial charge in [-0.05, 0) is 24.3 Å². The molecule has 0 saturated heterocycles. The van der Waals surface area contributed by atoms with Crippen molar-refractivity contribution in [2.24, 2.45) is 5.41 Å². The van der Waals surface area contributed by atoms with Crippen molar-refractivity contribution in [1.29, 1.82) is 0 Å². The van der Waals surface area contributed by atoms with Gasteiger partial charge in [0.1, 0.15) is 0 Å². The predicted octanol–water partition coefficient (Wildman–Crippen LogP) is 2.12. The fourth-order valence-electron chi connectivity index (χ4n) is 1.81. The maximum Gasteiger partial charge on any atom is 0.441 e. The summed E-state index contributed by atoms with van der Waals surface area (Å²) < 4.78 is 6.20. The monoisotopic (exact) mass is 262 g/mol. The summed E-state index contributed by atoms with van der Waals surface area (Å²) >= 11 is 0. The van der Waals surface area contributed by atoms with Crippen LogP contribution < -0.4 is 5.76 Å². The zero-order chi connectivity index (χ0) is 13.9. The Morgan fingerprint density at radius 2 is 1.95 bits per heavy atom. The van der Waals surface area contributed by atoms with Gasteiger partial charge in [-0.1, -0.05) is 25.9 Å². The van der Waals surface area contributed by atoms with Crippen LogP contribution in [0.1, 0.15) is 33.6 Å². The van der Waals surface area contributed by atoms with Crippen molar-refractivity contribution < 1.29 is 4.52 Å². The fraction of sp³-hybridized carbons (Fsp3) is 0.538. The minimum atomic E-state index is -0.462. The van der Waals surface area contributed by atoms with Crippen LogP contribution in [0, 0.1) is 5.41 Å². The molecule has 0 unspecified atom stereocenters. The van der Waals surface area contributed by atoms with Gasteiger partial charge in [0.25, 0.3) is 0 Å². The Labute approximate surface area is 111 Å². The van der Waals surface area contributed by atoms with E-state index >= 15 is 0 Å². The molecule has 6 heteroatoms. The first kappa shape index (κ1) is 13.5. The Kier molecular flexibility index (Phi) is 3.78. The summed E-state index contributed by atoms with van der Waals surface area (Å²) in [5, 5.41) is 3.75. The molecule has 102 valence electrons. The van der Waals surface area contributed by atoms with E-state index < -0.39 is 5.76 Å². The van der Waals surface area contributed by atoms with Gasteiger partial charge in [0.2, 0.25) is 5.82 Å². The Morgan fingerprint density at radius 1 is 1.26 bits per heavy atom. The third-order valence-electron chi connectivity index (χ3n) is 2.76. The zero-order valence-corrected chi connectivity index (χ0v) is 11.5. The molecule has 2 aromatic rings. The van der Waals surface area contributed by atoms with E-state index in [1.807, 2.05) is 0 Å². The van der Waals surface area contributed by atoms with Crippen LogP contribution in [0.2, 0.25) is 0 Å². The number of aromatic nitrogens is 4. The second-order valence-electron chi connectivity index (χ2n) is 5.66. The third-order valence-corrected chi connectivity index (χ3v) is 2.76. The van der Waals surface area contributed by atoms with Gasteiger partial charge in [-0.15, -0.1) is 0 Å². The molecule has 19 heavy (non-hydrogen) atoms. The Hall–Kier alpha value is -1.98. The Morgan fingerprint density at radius 3 is 2.58 bits per heavy atom. The van der Waals surface area contributed by atoms with Crippen molar-refractivity contribution in [3.8, 4) is 11.6 Å². The quantitative estimate of drug-likeness (QED) is 0.843. The first-order valence-electron chi connectivity index (χ1n) is 6.31. The fourth-order valence-corrected chi connectivity index (χ4v) is 1.81. The molecule has 0 aliphatic rings. The second-order valence-corrected chi connectivity index (χ2v) is 5.66. The molecular formula is C13H18N4O2. The lowest BCUT2D eigenvalue weighted by Crippen LogP contribution is -2.17. The predicted molar refractivity (Wildman–Crippen MR) is 70.5 cm³/mol. The first-order chi connectivity index (χ1) is 8.97. The topological polar surface area (TPSA) is 73.8 Å². The highest BCUT2D eigenvalue weighted by molar-refractivity contribution is 5.41. The maximum absolute atomic E-state index is 11.6. The van der Waals surface area contributed by atoms with Crippen LogP contribution in [0.4, 0.5) is 0 Å². The number of hydrogen-bond acceptors (Lipinski definition) is 5. The summed E-state index contributed by atoms with van der Waals surface area (Å²) in [6.07, 6.45) is 5.12. The summed E-state index contributed by atoms with van der Waals surface area (Å²) in [5.41, 5.74) is 0.240. The molecule has 0 aliphatic heterocycles. The molecule has 0 aromatic carbocycles. The molecule has 2 aromatic heterocycles. The lowest BCUT2D eigenvalue weighted by atomic mass is 9.91. The molecule has 2 rings (SSSR count). The molecule has 0 fully saturated rings. The van der Waals surface area contributed by atoms with Crippen molar-refractivity contribution in [3.05, 3.63) is 29.0 Å². The molecule has 0 N–H and O–H groups in total. The lowest BCUT2D eigenvalue weighted by Gasteiger charge is -2.17. The molecule has 0 aliphatic carbocycles. The van der Waals surface area contributed by atoms with Gasteiger partial charge < -0.3 is 0 Å². The minimum absolute atomic E-state index is 0.240. The van der Waals surface area contributed by atoms with Gasteiger partial charge in [0, 0.05) is 18.9 Å². The van der Waals surface area contributed by atoms with Crippen molar-refractivity contribution in [3.63, 3.8) is 0 Å². The van der Waals surface area contributed by atoms with Crippen molar-refractivity contribution >= 4 is 0 Å². The Bertz CT molecular complexity index is 581. The van der Waals surface area contributed by atoms with Gasteiger partial charge >= 0.3 is 5.76 Å². The van der Waals surface area contributed by atoms with E-state index in [-0.39, 0.29) is 5.41 Å². The SMILES string of the molecule is CC(C)(C)CCCn1c(-c2ncccn2)noc1=O. The second kappa shape index (κ2) is 5.34. The van der Waals surface area contributed by atoms with E-state index in [0.717, 1.165) is 12.8 Å². The normalized spacial score (nSPS) is 11.7. The van der Waals surface area contributed by atoms with Crippen molar-refractivity contribution in [1.82, 2.24) is 19.7 Å². The highest BCUT2D eigenvalue weighted by Crippen LogP contribution is 2.21. The van der Waals surface area contributed by atoms with Crippen LogP contribution in [-0.2, 0) is 6.54 Å². The molecule has 0 bridgehead atoms. The first-order valence-corrected chi connectivity index (χ1v) is 6.31. The average Bonchev–Trinajstić information content (AvgIpc) is 2.71. The van der Waals surface area contributed by atoms with Crippen LogP contribution in [0.25, 0.3) is 11.6 Å². The van der Waals surface area contributed by atoms with E-state index in [9.17, 15) is 4.79 Å². The summed E-state index contributed by atoms with van der Waals surface area (Å²) in [6.45, 7) is 7.08. The van der Waals surface area contributed by atoms with E-state index in [1.165, 1.54) is 4.57 Å². The van der Waals surface area contributed by atoms with Crippen LogP contribution >= 0.6 is 0 Å². The summed E-state index contributed by atoms with van der Waals surface area (Å²) in [4.78, 5) is 19.8. The molecule has 0 amide bonds. The molecule has 6 nitrogen and oxygen atoms in total. The molecular weight excluding hydrogens is 244 g/mol. The van der Waals surface area contributed by atoms with Gasteiger partial charge in [-0.25, -0.2) is 14.8 Å². The van der Waals surface area contributed by atoms with Gasteiger partial charge in [-0.2, -0.15) is 0 Å². The molecule has 0 atom stereocenters. The number of hydrogen-bond donors (Lipinski definition) is 0. The van der Waals surface area contributed by atoms with Crippen molar-refractivity contribution in [2.75, 3.05) is 0 Å². The third kappa shape index (κ3) is 3.49. The number of rotatable bonds is 4. The van der Waals surface area contributed by atoms with Crippen LogP contribution in [0.15, 0.2) is 27.8 Å². The summed E-state index contributed by atoms with van der Waals surface area (Å²) in [7, 11) is 0. The summed E-state index contributed by atoms with van der Waals surface area (Å²) in [6, 6.07) is 1.71. The van der Waals surface area contributed by atoms with E-state index in [2.05, 4.69) is 35.9 Å². The molecule has 0 radical (unpaired) electrons.